The Hall–Kier alpha value is -3.33. The van der Waals surface area contributed by atoms with E-state index in [1.807, 2.05) is 0 Å². The number of phenols is 1. The van der Waals surface area contributed by atoms with Crippen molar-refractivity contribution in [2.24, 2.45) is 0 Å². The van der Waals surface area contributed by atoms with Gasteiger partial charge in [-0.1, -0.05) is 0 Å². The third-order valence-corrected chi connectivity index (χ3v) is 4.38. The van der Waals surface area contributed by atoms with E-state index in [1.165, 1.54) is 12.1 Å². The third-order valence-electron chi connectivity index (χ3n) is 4.38. The first-order valence-electron chi connectivity index (χ1n) is 8.54. The number of phenolic OH excluding ortho intramolecular Hbond substituents is 1. The van der Waals surface area contributed by atoms with Gasteiger partial charge in [-0.25, -0.2) is 18.0 Å². The summed E-state index contributed by atoms with van der Waals surface area (Å²) in [6, 6.07) is 5.99. The van der Waals surface area contributed by atoms with Gasteiger partial charge in [-0.3, -0.25) is 9.69 Å². The smallest absolute Gasteiger partial charge is 0.336 e. The van der Waals surface area contributed by atoms with Gasteiger partial charge in [-0.2, -0.15) is 0 Å². The van der Waals surface area contributed by atoms with Crippen LogP contribution in [0.3, 0.4) is 0 Å². The molecule has 0 aliphatic heterocycles. The van der Waals surface area contributed by atoms with Gasteiger partial charge in [0.05, 0.1) is 12.2 Å². The molecule has 0 bridgehead atoms. The molecule has 0 aliphatic carbocycles. The van der Waals surface area contributed by atoms with Gasteiger partial charge >= 0.3 is 5.63 Å². The highest BCUT2D eigenvalue weighted by Crippen LogP contribution is 2.27. The van der Waals surface area contributed by atoms with Crippen LogP contribution in [0.1, 0.15) is 11.1 Å². The van der Waals surface area contributed by atoms with E-state index in [0.29, 0.717) is 22.6 Å². The maximum atomic E-state index is 13.7. The fraction of sp³-hybridized carbons (Fsp3) is 0.200. The zero-order valence-corrected chi connectivity index (χ0v) is 15.6. The molecule has 0 spiro atoms. The van der Waals surface area contributed by atoms with Crippen LogP contribution in [-0.4, -0.2) is 29.5 Å². The number of amides is 1. The molecule has 0 saturated heterocycles. The van der Waals surface area contributed by atoms with Crippen LogP contribution in [-0.2, 0) is 11.3 Å². The van der Waals surface area contributed by atoms with E-state index in [4.69, 9.17) is 4.42 Å². The number of nitrogens with zero attached hydrogens (tertiary/aromatic N) is 1. The van der Waals surface area contributed by atoms with Crippen LogP contribution in [0, 0.1) is 24.4 Å². The summed E-state index contributed by atoms with van der Waals surface area (Å²) in [5.41, 5.74) is 0.139. The van der Waals surface area contributed by atoms with Crippen LogP contribution >= 0.6 is 0 Å². The van der Waals surface area contributed by atoms with Gasteiger partial charge in [0.25, 0.3) is 0 Å². The van der Waals surface area contributed by atoms with Crippen molar-refractivity contribution in [2.45, 2.75) is 13.5 Å². The highest BCUT2D eigenvalue weighted by molar-refractivity contribution is 5.92. The van der Waals surface area contributed by atoms with Gasteiger partial charge in [0.2, 0.25) is 5.91 Å². The Morgan fingerprint density at radius 2 is 1.90 bits per heavy atom. The van der Waals surface area contributed by atoms with Crippen LogP contribution in [0.25, 0.3) is 11.0 Å². The topological polar surface area (TPSA) is 82.8 Å². The first-order chi connectivity index (χ1) is 13.7. The highest BCUT2D eigenvalue weighted by atomic mass is 19.2. The molecule has 0 unspecified atom stereocenters. The predicted octanol–water partition coefficient (Wildman–Crippen LogP) is 3.29. The van der Waals surface area contributed by atoms with Crippen LogP contribution in [0.5, 0.6) is 5.75 Å². The highest BCUT2D eigenvalue weighted by Gasteiger charge is 2.17. The zero-order valence-electron chi connectivity index (χ0n) is 15.6. The molecule has 1 heterocycles. The number of aromatic hydroxyl groups is 1. The monoisotopic (exact) mass is 406 g/mol. The molecular weight excluding hydrogens is 389 g/mol. The van der Waals surface area contributed by atoms with Gasteiger partial charge in [-0.15, -0.1) is 0 Å². The van der Waals surface area contributed by atoms with Crippen LogP contribution < -0.4 is 10.9 Å². The molecule has 3 aromatic rings. The third kappa shape index (κ3) is 4.24. The Kier molecular flexibility index (Phi) is 5.60. The number of anilines is 1. The summed E-state index contributed by atoms with van der Waals surface area (Å²) in [6.45, 7) is 1.56. The standard InChI is InChI=1S/C20H17F3N2O4/c1-10-15(26)6-3-12-11(7-17(28)29-20(10)12)8-25(2)9-16(27)24-14-5-4-13(21)18(22)19(14)23/h3-7,26H,8-9H2,1-2H3,(H,24,27). The number of hydrogen-bond acceptors (Lipinski definition) is 5. The first-order valence-corrected chi connectivity index (χ1v) is 8.54. The number of fused-ring (bicyclic) bond motifs is 1. The van der Waals surface area contributed by atoms with E-state index in [0.717, 1.165) is 6.07 Å². The fourth-order valence-electron chi connectivity index (χ4n) is 2.95. The minimum atomic E-state index is -1.67. The second-order valence-electron chi connectivity index (χ2n) is 6.62. The van der Waals surface area contributed by atoms with Gasteiger partial charge in [-0.05, 0) is 43.8 Å². The summed E-state index contributed by atoms with van der Waals surface area (Å²) < 4.78 is 45.1. The lowest BCUT2D eigenvalue weighted by molar-refractivity contribution is -0.117. The fourth-order valence-corrected chi connectivity index (χ4v) is 2.95. The molecule has 1 amide bonds. The maximum absolute atomic E-state index is 13.7. The normalized spacial score (nSPS) is 11.2. The Morgan fingerprint density at radius 3 is 2.62 bits per heavy atom. The van der Waals surface area contributed by atoms with E-state index < -0.39 is 34.7 Å². The first kappa shape index (κ1) is 20.4. The van der Waals surface area contributed by atoms with Crippen molar-refractivity contribution in [3.63, 3.8) is 0 Å². The lowest BCUT2D eigenvalue weighted by Crippen LogP contribution is -2.30. The van der Waals surface area contributed by atoms with Crippen molar-refractivity contribution < 1.29 is 27.5 Å². The van der Waals surface area contributed by atoms with E-state index in [-0.39, 0.29) is 24.4 Å². The minimum absolute atomic E-state index is 0.0147. The van der Waals surface area contributed by atoms with Crippen molar-refractivity contribution in [3.8, 4) is 5.75 Å². The molecule has 2 N–H and O–H groups in total. The van der Waals surface area contributed by atoms with Gasteiger partial charge in [0.1, 0.15) is 11.3 Å². The van der Waals surface area contributed by atoms with Crippen LogP contribution in [0.2, 0.25) is 0 Å². The lowest BCUT2D eigenvalue weighted by Gasteiger charge is -2.18. The average molecular weight is 406 g/mol. The van der Waals surface area contributed by atoms with Crippen molar-refractivity contribution in [1.82, 2.24) is 4.90 Å². The number of halogens is 3. The predicted molar refractivity (Wildman–Crippen MR) is 100 cm³/mol. The summed E-state index contributed by atoms with van der Waals surface area (Å²) >= 11 is 0. The maximum Gasteiger partial charge on any atom is 0.336 e. The summed E-state index contributed by atoms with van der Waals surface area (Å²) in [5.74, 6) is -5.17. The molecule has 2 aromatic carbocycles. The molecule has 0 fully saturated rings. The summed E-state index contributed by atoms with van der Waals surface area (Å²) in [6.07, 6.45) is 0. The number of likely N-dealkylation sites (N-methyl/N-ethyl adjacent to an activating group) is 1. The number of carbonyl (C=O) groups is 1. The lowest BCUT2D eigenvalue weighted by atomic mass is 10.1. The van der Waals surface area contributed by atoms with Crippen molar-refractivity contribution >= 4 is 22.6 Å². The molecule has 0 radical (unpaired) electrons. The molecule has 0 atom stereocenters. The van der Waals surface area contributed by atoms with E-state index in [9.17, 15) is 27.9 Å². The SMILES string of the molecule is Cc1c(O)ccc2c(CN(C)CC(=O)Nc3ccc(F)c(F)c3F)cc(=O)oc12. The number of benzene rings is 2. The number of hydrogen-bond donors (Lipinski definition) is 2. The molecule has 1 aromatic heterocycles. The molecule has 6 nitrogen and oxygen atoms in total. The van der Waals surface area contributed by atoms with Crippen molar-refractivity contribution in [1.29, 1.82) is 0 Å². The number of rotatable bonds is 5. The van der Waals surface area contributed by atoms with E-state index >= 15 is 0 Å². The molecular formula is C20H17F3N2O4. The van der Waals surface area contributed by atoms with Gasteiger partial charge < -0.3 is 14.8 Å². The summed E-state index contributed by atoms with van der Waals surface area (Å²) in [7, 11) is 1.59. The second-order valence-corrected chi connectivity index (χ2v) is 6.62. The Balaban J connectivity index is 1.77. The Bertz CT molecular complexity index is 1160. The number of nitrogens with one attached hydrogen (secondary N) is 1. The average Bonchev–Trinajstić information content (AvgIpc) is 2.65. The quantitative estimate of drug-likeness (QED) is 0.502. The Morgan fingerprint density at radius 1 is 1.17 bits per heavy atom. The molecule has 0 aliphatic rings. The molecule has 9 heteroatoms. The van der Waals surface area contributed by atoms with Crippen molar-refractivity contribution in [2.75, 3.05) is 18.9 Å². The van der Waals surface area contributed by atoms with Crippen LogP contribution in [0.4, 0.5) is 18.9 Å². The molecule has 152 valence electrons. The van der Waals surface area contributed by atoms with E-state index in [1.54, 1.807) is 24.9 Å². The molecule has 3 rings (SSSR count). The second kappa shape index (κ2) is 7.96. The number of carbonyl (C=O) groups excluding carboxylic acids is 1. The summed E-state index contributed by atoms with van der Waals surface area (Å²) in [5, 5.41) is 12.6. The largest absolute Gasteiger partial charge is 0.508 e. The Labute approximate surface area is 163 Å². The molecule has 0 saturated carbocycles. The van der Waals surface area contributed by atoms with Crippen LogP contribution in [0.15, 0.2) is 39.5 Å². The van der Waals surface area contributed by atoms with Gasteiger partial charge in [0.15, 0.2) is 17.5 Å². The minimum Gasteiger partial charge on any atom is -0.508 e. The summed E-state index contributed by atoms with van der Waals surface area (Å²) in [4.78, 5) is 25.5. The van der Waals surface area contributed by atoms with E-state index in [2.05, 4.69) is 5.32 Å². The number of aryl methyl sites for hydroxylation is 1. The zero-order chi connectivity index (χ0) is 21.3. The molecule has 29 heavy (non-hydrogen) atoms. The van der Waals surface area contributed by atoms with Gasteiger partial charge in [0, 0.05) is 23.6 Å². The van der Waals surface area contributed by atoms with Crippen molar-refractivity contribution in [3.05, 3.63) is 69.3 Å².